The molecule has 0 saturated heterocycles. The number of nitrogens with zero attached hydrogens (tertiary/aromatic N) is 5. The summed E-state index contributed by atoms with van der Waals surface area (Å²) in [6, 6.07) is 9.39. The van der Waals surface area contributed by atoms with Gasteiger partial charge in [0.05, 0.1) is 17.4 Å². The van der Waals surface area contributed by atoms with Gasteiger partial charge in [-0.2, -0.15) is 15.3 Å². The Morgan fingerprint density at radius 1 is 1.27 bits per heavy atom. The molecule has 22 heavy (non-hydrogen) atoms. The second-order valence-electron chi connectivity index (χ2n) is 5.03. The van der Waals surface area contributed by atoms with Crippen molar-refractivity contribution in [3.63, 3.8) is 0 Å². The number of para-hydroxylation sites is 1. The third-order valence-electron chi connectivity index (χ3n) is 2.93. The van der Waals surface area contributed by atoms with Gasteiger partial charge in [0, 0.05) is 6.54 Å². The predicted molar refractivity (Wildman–Crippen MR) is 85.9 cm³/mol. The van der Waals surface area contributed by atoms with Crippen molar-refractivity contribution in [2.45, 2.75) is 6.42 Å². The zero-order valence-electron chi connectivity index (χ0n) is 12.7. The molecule has 7 heteroatoms. The first-order valence-electron chi connectivity index (χ1n) is 7.03. The Morgan fingerprint density at radius 3 is 2.86 bits per heavy atom. The van der Waals surface area contributed by atoms with E-state index in [0.717, 1.165) is 19.5 Å². The van der Waals surface area contributed by atoms with Crippen molar-refractivity contribution in [2.75, 3.05) is 37.8 Å². The van der Waals surface area contributed by atoms with Gasteiger partial charge in [0.25, 0.3) is 0 Å². The molecule has 0 bridgehead atoms. The molecule has 0 amide bonds. The summed E-state index contributed by atoms with van der Waals surface area (Å²) in [7, 11) is 4.07. The highest BCUT2D eigenvalue weighted by Gasteiger charge is 2.04. The van der Waals surface area contributed by atoms with E-state index in [9.17, 15) is 0 Å². The minimum Gasteiger partial charge on any atom is -0.353 e. The zero-order chi connectivity index (χ0) is 15.8. The van der Waals surface area contributed by atoms with E-state index in [1.54, 1.807) is 6.07 Å². The first-order valence-corrected chi connectivity index (χ1v) is 7.03. The zero-order valence-corrected chi connectivity index (χ0v) is 12.7. The van der Waals surface area contributed by atoms with Crippen LogP contribution in [0.4, 0.5) is 17.5 Å². The van der Waals surface area contributed by atoms with E-state index in [-0.39, 0.29) is 0 Å². The summed E-state index contributed by atoms with van der Waals surface area (Å²) in [5.41, 5.74) is 1.26. The van der Waals surface area contributed by atoms with Crippen LogP contribution in [0.15, 0.2) is 30.5 Å². The lowest BCUT2D eigenvalue weighted by molar-refractivity contribution is 0.405. The van der Waals surface area contributed by atoms with Crippen LogP contribution >= 0.6 is 0 Å². The van der Waals surface area contributed by atoms with Gasteiger partial charge in [-0.05, 0) is 39.2 Å². The summed E-state index contributed by atoms with van der Waals surface area (Å²) < 4.78 is 0. The summed E-state index contributed by atoms with van der Waals surface area (Å²) in [5, 5.41) is 23.2. The van der Waals surface area contributed by atoms with Crippen molar-refractivity contribution in [2.24, 2.45) is 0 Å². The minimum atomic E-state index is 0.471. The predicted octanol–water partition coefficient (Wildman–Crippen LogP) is 1.85. The van der Waals surface area contributed by atoms with E-state index in [2.05, 4.69) is 36.8 Å². The molecule has 114 valence electrons. The smallest absolute Gasteiger partial charge is 0.244 e. The first kappa shape index (κ1) is 15.7. The number of hydrogen-bond acceptors (Lipinski definition) is 7. The van der Waals surface area contributed by atoms with E-state index >= 15 is 0 Å². The maximum absolute atomic E-state index is 9.08. The van der Waals surface area contributed by atoms with Gasteiger partial charge in [0.15, 0.2) is 5.82 Å². The van der Waals surface area contributed by atoms with Crippen molar-refractivity contribution in [1.29, 1.82) is 5.26 Å². The van der Waals surface area contributed by atoms with Gasteiger partial charge in [-0.15, -0.1) is 5.10 Å². The molecular weight excluding hydrogens is 278 g/mol. The maximum atomic E-state index is 9.08. The van der Waals surface area contributed by atoms with E-state index in [1.807, 2.05) is 32.3 Å². The Hall–Kier alpha value is -2.72. The Kier molecular flexibility index (Phi) is 5.63. The van der Waals surface area contributed by atoms with Gasteiger partial charge in [-0.3, -0.25) is 0 Å². The minimum absolute atomic E-state index is 0.471. The summed E-state index contributed by atoms with van der Waals surface area (Å²) in [6.45, 7) is 1.77. The molecular formula is C15H19N7. The number of benzene rings is 1. The van der Waals surface area contributed by atoms with Crippen LogP contribution in [0.25, 0.3) is 0 Å². The highest BCUT2D eigenvalue weighted by molar-refractivity contribution is 5.64. The molecule has 2 aromatic rings. The third kappa shape index (κ3) is 4.68. The van der Waals surface area contributed by atoms with Crippen molar-refractivity contribution >= 4 is 17.5 Å². The summed E-state index contributed by atoms with van der Waals surface area (Å²) >= 11 is 0. The largest absolute Gasteiger partial charge is 0.353 e. The summed E-state index contributed by atoms with van der Waals surface area (Å²) in [5.74, 6) is 1.02. The van der Waals surface area contributed by atoms with Gasteiger partial charge < -0.3 is 15.5 Å². The molecule has 2 rings (SSSR count). The molecule has 0 aliphatic heterocycles. The van der Waals surface area contributed by atoms with Gasteiger partial charge in [-0.25, -0.2) is 0 Å². The van der Waals surface area contributed by atoms with Crippen molar-refractivity contribution in [3.05, 3.63) is 36.0 Å². The SMILES string of the molecule is CN(C)CCCNc1nncc(Nc2ccccc2C#N)n1. The second-order valence-corrected chi connectivity index (χ2v) is 5.03. The van der Waals surface area contributed by atoms with Gasteiger partial charge in [0.2, 0.25) is 5.95 Å². The lowest BCUT2D eigenvalue weighted by atomic mass is 10.2. The Labute approximate surface area is 130 Å². The monoisotopic (exact) mass is 297 g/mol. The molecule has 1 aromatic heterocycles. The molecule has 1 heterocycles. The van der Waals surface area contributed by atoms with Crippen LogP contribution in [-0.4, -0.2) is 47.3 Å². The molecule has 7 nitrogen and oxygen atoms in total. The molecule has 0 aliphatic rings. The molecule has 0 fully saturated rings. The fourth-order valence-electron chi connectivity index (χ4n) is 1.86. The molecule has 2 N–H and O–H groups in total. The lowest BCUT2D eigenvalue weighted by Crippen LogP contribution is -2.17. The summed E-state index contributed by atoms with van der Waals surface area (Å²) in [4.78, 5) is 6.46. The molecule has 0 radical (unpaired) electrons. The number of hydrogen-bond donors (Lipinski definition) is 2. The van der Waals surface area contributed by atoms with Crippen LogP contribution in [0.3, 0.4) is 0 Å². The van der Waals surface area contributed by atoms with Gasteiger partial charge in [-0.1, -0.05) is 12.1 Å². The molecule has 1 aromatic carbocycles. The quantitative estimate of drug-likeness (QED) is 0.754. The topological polar surface area (TPSA) is 89.8 Å². The standard InChI is InChI=1S/C15H19N7/c1-22(2)9-5-8-17-15-20-14(11-18-21-15)19-13-7-4-3-6-12(13)10-16/h3-4,6-7,11H,5,8-9H2,1-2H3,(H2,17,19,20,21). The molecule has 0 unspecified atom stereocenters. The Balaban J connectivity index is 1.98. The third-order valence-corrected chi connectivity index (χ3v) is 2.93. The van der Waals surface area contributed by atoms with E-state index < -0.39 is 0 Å². The highest BCUT2D eigenvalue weighted by Crippen LogP contribution is 2.18. The highest BCUT2D eigenvalue weighted by atomic mass is 15.3. The van der Waals surface area contributed by atoms with Crippen LogP contribution in [0, 0.1) is 11.3 Å². The number of anilines is 3. The number of rotatable bonds is 7. The fourth-order valence-corrected chi connectivity index (χ4v) is 1.86. The van der Waals surface area contributed by atoms with Crippen molar-refractivity contribution in [1.82, 2.24) is 20.1 Å². The first-order chi connectivity index (χ1) is 10.7. The average Bonchev–Trinajstić information content (AvgIpc) is 2.52. The number of nitriles is 1. The Morgan fingerprint density at radius 2 is 2.09 bits per heavy atom. The normalized spacial score (nSPS) is 10.3. The average molecular weight is 297 g/mol. The van der Waals surface area contributed by atoms with Crippen LogP contribution in [0.2, 0.25) is 0 Å². The van der Waals surface area contributed by atoms with E-state index in [0.29, 0.717) is 23.0 Å². The lowest BCUT2D eigenvalue weighted by Gasteiger charge is -2.10. The maximum Gasteiger partial charge on any atom is 0.244 e. The van der Waals surface area contributed by atoms with Crippen LogP contribution in [-0.2, 0) is 0 Å². The van der Waals surface area contributed by atoms with E-state index in [4.69, 9.17) is 5.26 Å². The van der Waals surface area contributed by atoms with Crippen molar-refractivity contribution in [3.8, 4) is 6.07 Å². The van der Waals surface area contributed by atoms with Crippen molar-refractivity contribution < 1.29 is 0 Å². The summed E-state index contributed by atoms with van der Waals surface area (Å²) in [6.07, 6.45) is 2.52. The van der Waals surface area contributed by atoms with Crippen LogP contribution in [0.5, 0.6) is 0 Å². The van der Waals surface area contributed by atoms with Gasteiger partial charge >= 0.3 is 0 Å². The van der Waals surface area contributed by atoms with Gasteiger partial charge in [0.1, 0.15) is 6.07 Å². The number of aromatic nitrogens is 3. The molecule has 0 atom stereocenters. The second kappa shape index (κ2) is 7.90. The Bertz CT molecular complexity index is 648. The molecule has 0 saturated carbocycles. The van der Waals surface area contributed by atoms with Crippen LogP contribution < -0.4 is 10.6 Å². The molecule has 0 aliphatic carbocycles. The van der Waals surface area contributed by atoms with Crippen LogP contribution in [0.1, 0.15) is 12.0 Å². The number of nitrogens with one attached hydrogen (secondary N) is 2. The molecule has 0 spiro atoms. The fraction of sp³-hybridized carbons (Fsp3) is 0.333. The van der Waals surface area contributed by atoms with E-state index in [1.165, 1.54) is 6.20 Å².